The minimum atomic E-state index is -0.491. The molecule has 1 unspecified atom stereocenters. The Bertz CT molecular complexity index is 409. The summed E-state index contributed by atoms with van der Waals surface area (Å²) in [6.45, 7) is 4.23. The van der Waals surface area contributed by atoms with E-state index < -0.39 is 6.10 Å². The van der Waals surface area contributed by atoms with E-state index >= 15 is 0 Å². The molecule has 0 saturated carbocycles. The summed E-state index contributed by atoms with van der Waals surface area (Å²) in [5, 5.41) is 0. The van der Waals surface area contributed by atoms with Gasteiger partial charge in [0.25, 0.3) is 0 Å². The van der Waals surface area contributed by atoms with Crippen LogP contribution in [0.3, 0.4) is 0 Å². The van der Waals surface area contributed by atoms with E-state index in [2.05, 4.69) is 13.8 Å². The van der Waals surface area contributed by atoms with Crippen LogP contribution < -0.4 is 4.74 Å². The van der Waals surface area contributed by atoms with Crippen molar-refractivity contribution in [2.45, 2.75) is 31.8 Å². The zero-order valence-corrected chi connectivity index (χ0v) is 9.82. The Morgan fingerprint density at radius 3 is 2.81 bits per heavy atom. The smallest absolute Gasteiger partial charge is 0.347 e. The van der Waals surface area contributed by atoms with E-state index in [1.165, 1.54) is 7.11 Å². The lowest BCUT2D eigenvalue weighted by molar-refractivity contribution is -0.150. The highest BCUT2D eigenvalue weighted by Gasteiger charge is 2.37. The normalized spacial score (nSPS) is 21.8. The third-order valence-electron chi connectivity index (χ3n) is 3.05. The molecule has 0 aliphatic carbocycles. The molecule has 1 aliphatic heterocycles. The first-order valence-corrected chi connectivity index (χ1v) is 5.38. The Morgan fingerprint density at radius 1 is 1.44 bits per heavy atom. The Labute approximate surface area is 95.4 Å². The Balaban J connectivity index is 2.37. The fourth-order valence-electron chi connectivity index (χ4n) is 2.16. The molecule has 3 heteroatoms. The van der Waals surface area contributed by atoms with Gasteiger partial charge in [0.2, 0.25) is 0 Å². The van der Waals surface area contributed by atoms with Crippen molar-refractivity contribution in [2.75, 3.05) is 7.11 Å². The lowest BCUT2D eigenvalue weighted by atomic mass is 9.77. The van der Waals surface area contributed by atoms with Gasteiger partial charge in [-0.05, 0) is 17.0 Å². The fraction of sp³-hybridized carbons (Fsp3) is 0.462. The minimum absolute atomic E-state index is 0.0618. The molecule has 16 heavy (non-hydrogen) atoms. The molecule has 0 fully saturated rings. The average Bonchev–Trinajstić information content (AvgIpc) is 2.27. The monoisotopic (exact) mass is 220 g/mol. The zero-order valence-electron chi connectivity index (χ0n) is 9.82. The van der Waals surface area contributed by atoms with Crippen LogP contribution in [0.5, 0.6) is 5.75 Å². The van der Waals surface area contributed by atoms with Crippen molar-refractivity contribution in [3.8, 4) is 5.75 Å². The van der Waals surface area contributed by atoms with Crippen LogP contribution in [-0.4, -0.2) is 19.2 Å². The molecule has 0 saturated heterocycles. The number of fused-ring (bicyclic) bond motifs is 1. The van der Waals surface area contributed by atoms with E-state index in [1.807, 2.05) is 24.3 Å². The maximum atomic E-state index is 11.5. The van der Waals surface area contributed by atoms with Gasteiger partial charge in [0, 0.05) is 6.42 Å². The topological polar surface area (TPSA) is 35.5 Å². The molecule has 0 radical (unpaired) electrons. The van der Waals surface area contributed by atoms with Crippen molar-refractivity contribution >= 4 is 5.97 Å². The van der Waals surface area contributed by atoms with Gasteiger partial charge < -0.3 is 9.47 Å². The number of hydrogen-bond acceptors (Lipinski definition) is 3. The maximum Gasteiger partial charge on any atom is 0.347 e. The number of carbonyl (C=O) groups is 1. The van der Waals surface area contributed by atoms with Crippen molar-refractivity contribution in [3.05, 3.63) is 29.8 Å². The van der Waals surface area contributed by atoms with Gasteiger partial charge in [0.15, 0.2) is 6.10 Å². The van der Waals surface area contributed by atoms with Crippen LogP contribution in [0.15, 0.2) is 24.3 Å². The molecule has 86 valence electrons. The molecule has 0 bridgehead atoms. The highest BCUT2D eigenvalue weighted by molar-refractivity contribution is 5.75. The van der Waals surface area contributed by atoms with E-state index in [0.29, 0.717) is 6.42 Å². The van der Waals surface area contributed by atoms with Crippen LogP contribution in [0.2, 0.25) is 0 Å². The molecule has 1 atom stereocenters. The van der Waals surface area contributed by atoms with Crippen molar-refractivity contribution in [1.82, 2.24) is 0 Å². The average molecular weight is 220 g/mol. The van der Waals surface area contributed by atoms with Gasteiger partial charge in [-0.15, -0.1) is 0 Å². The van der Waals surface area contributed by atoms with Gasteiger partial charge in [-0.25, -0.2) is 4.79 Å². The second-order valence-corrected chi connectivity index (χ2v) is 4.71. The van der Waals surface area contributed by atoms with E-state index in [0.717, 1.165) is 11.3 Å². The molecule has 3 nitrogen and oxygen atoms in total. The van der Waals surface area contributed by atoms with E-state index in [4.69, 9.17) is 9.47 Å². The number of esters is 1. The molecule has 2 rings (SSSR count). The summed E-state index contributed by atoms with van der Waals surface area (Å²) in [6, 6.07) is 7.84. The molecule has 1 aliphatic rings. The molecule has 0 aromatic heterocycles. The number of methoxy groups -OCH3 is 1. The molecule has 1 aromatic carbocycles. The van der Waals surface area contributed by atoms with Crippen molar-refractivity contribution in [1.29, 1.82) is 0 Å². The number of hydrogen-bond donors (Lipinski definition) is 0. The van der Waals surface area contributed by atoms with Gasteiger partial charge in [0.1, 0.15) is 5.75 Å². The SMILES string of the molecule is COC(=O)C1CC(C)(C)c2ccccc2O1. The van der Waals surface area contributed by atoms with Gasteiger partial charge in [0.05, 0.1) is 7.11 Å². The number of ether oxygens (including phenoxy) is 2. The minimum Gasteiger partial charge on any atom is -0.478 e. The third-order valence-corrected chi connectivity index (χ3v) is 3.05. The van der Waals surface area contributed by atoms with Crippen LogP contribution in [0, 0.1) is 0 Å². The summed E-state index contributed by atoms with van der Waals surface area (Å²) in [4.78, 5) is 11.5. The standard InChI is InChI=1S/C13H16O3/c1-13(2)8-11(12(14)15-3)16-10-7-5-4-6-9(10)13/h4-7,11H,8H2,1-3H3. The van der Waals surface area contributed by atoms with Crippen LogP contribution in [0.1, 0.15) is 25.8 Å². The summed E-state index contributed by atoms with van der Waals surface area (Å²) in [5.74, 6) is 0.483. The van der Waals surface area contributed by atoms with E-state index in [-0.39, 0.29) is 11.4 Å². The van der Waals surface area contributed by atoms with Gasteiger partial charge in [-0.1, -0.05) is 32.0 Å². The van der Waals surface area contributed by atoms with Crippen LogP contribution in [0.4, 0.5) is 0 Å². The Kier molecular flexibility index (Phi) is 2.62. The third kappa shape index (κ3) is 1.77. The van der Waals surface area contributed by atoms with Crippen LogP contribution >= 0.6 is 0 Å². The van der Waals surface area contributed by atoms with Gasteiger partial charge in [-0.2, -0.15) is 0 Å². The van der Waals surface area contributed by atoms with Gasteiger partial charge in [-0.3, -0.25) is 0 Å². The van der Waals surface area contributed by atoms with E-state index in [1.54, 1.807) is 0 Å². The number of carbonyl (C=O) groups excluding carboxylic acids is 1. The summed E-state index contributed by atoms with van der Waals surface area (Å²) in [6.07, 6.45) is 0.159. The second-order valence-electron chi connectivity index (χ2n) is 4.71. The second kappa shape index (κ2) is 3.81. The number of para-hydroxylation sites is 1. The molecular formula is C13H16O3. The molecule has 1 aromatic rings. The molecule has 0 spiro atoms. The van der Waals surface area contributed by atoms with Gasteiger partial charge >= 0.3 is 5.97 Å². The lowest BCUT2D eigenvalue weighted by Crippen LogP contribution is -2.39. The lowest BCUT2D eigenvalue weighted by Gasteiger charge is -2.36. The summed E-state index contributed by atoms with van der Waals surface area (Å²) >= 11 is 0. The van der Waals surface area contributed by atoms with Crippen LogP contribution in [0.25, 0.3) is 0 Å². The van der Waals surface area contributed by atoms with Crippen molar-refractivity contribution in [2.24, 2.45) is 0 Å². The predicted molar refractivity (Wildman–Crippen MR) is 60.5 cm³/mol. The fourth-order valence-corrected chi connectivity index (χ4v) is 2.16. The largest absolute Gasteiger partial charge is 0.478 e. The van der Waals surface area contributed by atoms with Crippen molar-refractivity contribution < 1.29 is 14.3 Å². The highest BCUT2D eigenvalue weighted by Crippen LogP contribution is 2.40. The predicted octanol–water partition coefficient (Wildman–Crippen LogP) is 2.29. The Morgan fingerprint density at radius 2 is 2.12 bits per heavy atom. The zero-order chi connectivity index (χ0) is 11.8. The highest BCUT2D eigenvalue weighted by atomic mass is 16.6. The molecule has 0 amide bonds. The van der Waals surface area contributed by atoms with E-state index in [9.17, 15) is 4.79 Å². The molecule has 0 N–H and O–H groups in total. The number of benzene rings is 1. The summed E-state index contributed by atoms with van der Waals surface area (Å²) in [5.41, 5.74) is 1.09. The summed E-state index contributed by atoms with van der Waals surface area (Å²) < 4.78 is 10.4. The first-order chi connectivity index (χ1) is 7.54. The first-order valence-electron chi connectivity index (χ1n) is 5.38. The quantitative estimate of drug-likeness (QED) is 0.681. The maximum absolute atomic E-state index is 11.5. The van der Waals surface area contributed by atoms with Crippen LogP contribution in [-0.2, 0) is 14.9 Å². The molecular weight excluding hydrogens is 204 g/mol. The van der Waals surface area contributed by atoms with Crippen molar-refractivity contribution in [3.63, 3.8) is 0 Å². The first kappa shape index (κ1) is 11.0. The Hall–Kier alpha value is -1.51. The molecule has 1 heterocycles. The summed E-state index contributed by atoms with van der Waals surface area (Å²) in [7, 11) is 1.39. The number of rotatable bonds is 1.